The normalized spacial score (nSPS) is 22.5. The van der Waals surface area contributed by atoms with Gasteiger partial charge in [-0.05, 0) is 55.4 Å². The predicted octanol–water partition coefficient (Wildman–Crippen LogP) is 5.25. The van der Waals surface area contributed by atoms with Crippen molar-refractivity contribution < 1.29 is 22.3 Å². The molecule has 10 heteroatoms. The molecule has 160 valence electrons. The SMILES string of the molecule is FC(F)(F)c1nnc(N2CCc3c([nH]c4ccc(Br)cc34)[C@@H]2C[C@H]2CCCOC2)o1. The van der Waals surface area contributed by atoms with Crippen LogP contribution in [-0.4, -0.2) is 34.9 Å². The summed E-state index contributed by atoms with van der Waals surface area (Å²) in [5, 5.41) is 8.09. The Hall–Kier alpha value is -2.07. The van der Waals surface area contributed by atoms with Crippen LogP contribution in [0.1, 0.15) is 42.5 Å². The molecule has 4 heterocycles. The molecule has 2 atom stereocenters. The second-order valence-electron chi connectivity index (χ2n) is 7.87. The minimum Gasteiger partial charge on any atom is -0.399 e. The highest BCUT2D eigenvalue weighted by Crippen LogP contribution is 2.42. The van der Waals surface area contributed by atoms with Gasteiger partial charge in [0.1, 0.15) is 0 Å². The second-order valence-corrected chi connectivity index (χ2v) is 8.79. The first-order valence-electron chi connectivity index (χ1n) is 9.95. The van der Waals surface area contributed by atoms with E-state index in [2.05, 4.69) is 37.2 Å². The summed E-state index contributed by atoms with van der Waals surface area (Å²) in [6.07, 6.45) is -1.23. The highest BCUT2D eigenvalue weighted by Gasteiger charge is 2.41. The van der Waals surface area contributed by atoms with Crippen molar-refractivity contribution >= 4 is 32.8 Å². The van der Waals surface area contributed by atoms with E-state index in [0.29, 0.717) is 25.5 Å². The van der Waals surface area contributed by atoms with Crippen LogP contribution in [0.15, 0.2) is 27.1 Å². The molecule has 2 aromatic heterocycles. The summed E-state index contributed by atoms with van der Waals surface area (Å²) in [6.45, 7) is 1.92. The fourth-order valence-corrected chi connectivity index (χ4v) is 4.93. The molecule has 3 aromatic rings. The number of nitrogens with zero attached hydrogens (tertiary/aromatic N) is 3. The molecule has 2 aliphatic heterocycles. The average molecular weight is 485 g/mol. The number of hydrogen-bond donors (Lipinski definition) is 1. The smallest absolute Gasteiger partial charge is 0.399 e. The van der Waals surface area contributed by atoms with Crippen LogP contribution >= 0.6 is 15.9 Å². The molecule has 30 heavy (non-hydrogen) atoms. The van der Waals surface area contributed by atoms with Crippen LogP contribution in [-0.2, 0) is 17.3 Å². The zero-order valence-corrected chi connectivity index (χ0v) is 17.6. The minimum atomic E-state index is -4.66. The van der Waals surface area contributed by atoms with Crippen LogP contribution in [0.25, 0.3) is 10.9 Å². The van der Waals surface area contributed by atoms with Crippen molar-refractivity contribution in [1.29, 1.82) is 0 Å². The molecule has 5 rings (SSSR count). The van der Waals surface area contributed by atoms with E-state index in [1.54, 1.807) is 0 Å². The lowest BCUT2D eigenvalue weighted by Gasteiger charge is -2.37. The summed E-state index contributed by atoms with van der Waals surface area (Å²) in [6, 6.07) is 5.79. The van der Waals surface area contributed by atoms with Crippen LogP contribution in [0.2, 0.25) is 0 Å². The standard InChI is InChI=1S/C20H20BrF3N4O2/c21-12-3-4-15-14(9-12)13-5-6-28(19-27-26-18(30-19)20(22,23)24)16(17(13)25-15)8-11-2-1-7-29-10-11/h3-4,9,11,16,25H,1-2,5-8,10H2/t11-,16+/m1/s1. The third kappa shape index (κ3) is 3.60. The molecule has 1 N–H and O–H groups in total. The molecule has 0 spiro atoms. The molecule has 1 aromatic carbocycles. The van der Waals surface area contributed by atoms with E-state index in [1.807, 2.05) is 17.0 Å². The van der Waals surface area contributed by atoms with E-state index in [-0.39, 0.29) is 12.1 Å². The van der Waals surface area contributed by atoms with Gasteiger partial charge in [0.15, 0.2) is 0 Å². The number of benzene rings is 1. The summed E-state index contributed by atoms with van der Waals surface area (Å²) in [5.74, 6) is -0.996. The van der Waals surface area contributed by atoms with Crippen molar-refractivity contribution in [2.75, 3.05) is 24.7 Å². The lowest BCUT2D eigenvalue weighted by molar-refractivity contribution is -0.157. The van der Waals surface area contributed by atoms with Gasteiger partial charge in [0.2, 0.25) is 0 Å². The topological polar surface area (TPSA) is 67.2 Å². The number of alkyl halides is 3. The second kappa shape index (κ2) is 7.56. The van der Waals surface area contributed by atoms with Gasteiger partial charge in [-0.3, -0.25) is 0 Å². The summed E-state index contributed by atoms with van der Waals surface area (Å²) in [5.41, 5.74) is 3.21. The number of anilines is 1. The first kappa shape index (κ1) is 19.9. The van der Waals surface area contributed by atoms with Gasteiger partial charge >= 0.3 is 18.1 Å². The number of rotatable bonds is 3. The molecule has 0 radical (unpaired) electrons. The predicted molar refractivity (Wildman–Crippen MR) is 107 cm³/mol. The van der Waals surface area contributed by atoms with Gasteiger partial charge in [-0.1, -0.05) is 21.0 Å². The van der Waals surface area contributed by atoms with Crippen molar-refractivity contribution in [1.82, 2.24) is 15.2 Å². The van der Waals surface area contributed by atoms with Crippen LogP contribution in [0.3, 0.4) is 0 Å². The largest absolute Gasteiger partial charge is 0.470 e. The summed E-state index contributed by atoms with van der Waals surface area (Å²) in [7, 11) is 0. The van der Waals surface area contributed by atoms with Crippen LogP contribution in [0, 0.1) is 5.92 Å². The molecule has 1 saturated heterocycles. The van der Waals surface area contributed by atoms with Crippen molar-refractivity contribution in [3.05, 3.63) is 39.8 Å². The van der Waals surface area contributed by atoms with Gasteiger partial charge < -0.3 is 19.0 Å². The number of H-pyrrole nitrogens is 1. The summed E-state index contributed by atoms with van der Waals surface area (Å²) >= 11 is 3.53. The van der Waals surface area contributed by atoms with Crippen LogP contribution in [0.5, 0.6) is 0 Å². The third-order valence-electron chi connectivity index (χ3n) is 5.93. The Kier molecular flexibility index (Phi) is 5.01. The molecule has 0 unspecified atom stereocenters. The average Bonchev–Trinajstić information content (AvgIpc) is 3.34. The van der Waals surface area contributed by atoms with Gasteiger partial charge in [-0.2, -0.15) is 13.2 Å². The minimum absolute atomic E-state index is 0.0884. The molecule has 0 bridgehead atoms. The maximum atomic E-state index is 13.0. The number of halogens is 4. The van der Waals surface area contributed by atoms with E-state index >= 15 is 0 Å². The van der Waals surface area contributed by atoms with E-state index in [0.717, 1.165) is 46.9 Å². The molecule has 6 nitrogen and oxygen atoms in total. The Morgan fingerprint density at radius 2 is 2.13 bits per heavy atom. The van der Waals surface area contributed by atoms with E-state index in [4.69, 9.17) is 9.15 Å². The number of hydrogen-bond acceptors (Lipinski definition) is 5. The van der Waals surface area contributed by atoms with Gasteiger partial charge in [-0.15, -0.1) is 5.10 Å². The molecule has 0 saturated carbocycles. The zero-order chi connectivity index (χ0) is 20.9. The summed E-state index contributed by atoms with van der Waals surface area (Å²) in [4.78, 5) is 5.31. The maximum Gasteiger partial charge on any atom is 0.470 e. The maximum absolute atomic E-state index is 13.0. The molecule has 0 amide bonds. The Bertz CT molecular complexity index is 1060. The van der Waals surface area contributed by atoms with Crippen molar-refractivity contribution in [2.24, 2.45) is 5.92 Å². The molecule has 2 aliphatic rings. The molecular weight excluding hydrogens is 465 g/mol. The van der Waals surface area contributed by atoms with Crippen molar-refractivity contribution in [3.8, 4) is 0 Å². The van der Waals surface area contributed by atoms with Crippen molar-refractivity contribution in [2.45, 2.75) is 37.9 Å². The lowest BCUT2D eigenvalue weighted by atomic mass is 9.88. The first-order chi connectivity index (χ1) is 14.4. The van der Waals surface area contributed by atoms with E-state index < -0.39 is 12.1 Å². The molecular formula is C20H20BrF3N4O2. The third-order valence-corrected chi connectivity index (χ3v) is 6.42. The monoisotopic (exact) mass is 484 g/mol. The van der Waals surface area contributed by atoms with E-state index in [1.165, 1.54) is 5.56 Å². The summed E-state index contributed by atoms with van der Waals surface area (Å²) < 4.78 is 50.7. The number of aromatic amines is 1. The van der Waals surface area contributed by atoms with Gasteiger partial charge in [0, 0.05) is 40.8 Å². The molecule has 1 fully saturated rings. The number of nitrogens with one attached hydrogen (secondary N) is 1. The van der Waals surface area contributed by atoms with Crippen molar-refractivity contribution in [3.63, 3.8) is 0 Å². The highest BCUT2D eigenvalue weighted by atomic mass is 79.9. The van der Waals surface area contributed by atoms with Gasteiger partial charge in [0.05, 0.1) is 6.04 Å². The van der Waals surface area contributed by atoms with Gasteiger partial charge in [-0.25, -0.2) is 0 Å². The number of ether oxygens (including phenoxy) is 1. The Morgan fingerprint density at radius 1 is 1.27 bits per heavy atom. The van der Waals surface area contributed by atoms with E-state index in [9.17, 15) is 13.2 Å². The lowest BCUT2D eigenvalue weighted by Crippen LogP contribution is -2.37. The fourth-order valence-electron chi connectivity index (χ4n) is 4.57. The van der Waals surface area contributed by atoms with Gasteiger partial charge in [0.25, 0.3) is 0 Å². The molecule has 0 aliphatic carbocycles. The number of aromatic nitrogens is 3. The fraction of sp³-hybridized carbons (Fsp3) is 0.500. The Labute approximate surface area is 178 Å². The number of fused-ring (bicyclic) bond motifs is 3. The quantitative estimate of drug-likeness (QED) is 0.549. The first-order valence-corrected chi connectivity index (χ1v) is 10.7. The Morgan fingerprint density at radius 3 is 2.87 bits per heavy atom. The van der Waals surface area contributed by atoms with Crippen LogP contribution < -0.4 is 4.90 Å². The van der Waals surface area contributed by atoms with Crippen LogP contribution in [0.4, 0.5) is 19.2 Å². The highest BCUT2D eigenvalue weighted by molar-refractivity contribution is 9.10. The zero-order valence-electron chi connectivity index (χ0n) is 16.0. The Balaban J connectivity index is 1.55.